The Labute approximate surface area is 114 Å². The number of methoxy groups -OCH3 is 1. The number of hydrogen-bond acceptors (Lipinski definition) is 3. The van der Waals surface area contributed by atoms with Crippen LogP contribution in [0.25, 0.3) is 0 Å². The molecule has 0 N–H and O–H groups in total. The molecule has 19 heavy (non-hydrogen) atoms. The Morgan fingerprint density at radius 3 is 2.79 bits per heavy atom. The number of ether oxygens (including phenoxy) is 1. The quantitative estimate of drug-likeness (QED) is 0.724. The Morgan fingerprint density at radius 1 is 1.37 bits per heavy atom. The number of fused-ring (bicyclic) bond motifs is 1. The van der Waals surface area contributed by atoms with E-state index in [-0.39, 0.29) is 11.9 Å². The maximum Gasteiger partial charge on any atom is 0.166 e. The van der Waals surface area contributed by atoms with E-state index in [0.29, 0.717) is 18.8 Å². The van der Waals surface area contributed by atoms with Crippen LogP contribution in [0.4, 0.5) is 0 Å². The fraction of sp³-hybridized carbons (Fsp3) is 0.562. The molecule has 0 radical (unpaired) electrons. The Kier molecular flexibility index (Phi) is 4.25. The smallest absolute Gasteiger partial charge is 0.166 e. The SMILES string of the molecule is CO[C@@H]1C=C(C)Cc2occ(C)c2C(=O)C[C@@H](C)C1. The minimum atomic E-state index is 0.0837. The minimum absolute atomic E-state index is 0.0837. The fourth-order valence-corrected chi connectivity index (χ4v) is 2.76. The summed E-state index contributed by atoms with van der Waals surface area (Å²) in [6.07, 6.45) is 6.04. The summed E-state index contributed by atoms with van der Waals surface area (Å²) >= 11 is 0. The average molecular weight is 262 g/mol. The van der Waals surface area contributed by atoms with Crippen molar-refractivity contribution in [1.82, 2.24) is 0 Å². The Hall–Kier alpha value is -1.35. The molecule has 1 aliphatic carbocycles. The average Bonchev–Trinajstić information content (AvgIpc) is 2.68. The van der Waals surface area contributed by atoms with Crippen LogP contribution >= 0.6 is 0 Å². The number of rotatable bonds is 1. The van der Waals surface area contributed by atoms with Gasteiger partial charge in [0.1, 0.15) is 5.76 Å². The molecular formula is C16H22O3. The van der Waals surface area contributed by atoms with Gasteiger partial charge >= 0.3 is 0 Å². The topological polar surface area (TPSA) is 39.4 Å². The van der Waals surface area contributed by atoms with E-state index in [1.54, 1.807) is 13.4 Å². The highest BCUT2D eigenvalue weighted by Crippen LogP contribution is 2.26. The molecule has 3 nitrogen and oxygen atoms in total. The van der Waals surface area contributed by atoms with Gasteiger partial charge in [-0.1, -0.05) is 18.6 Å². The van der Waals surface area contributed by atoms with E-state index in [4.69, 9.17) is 9.15 Å². The first-order valence-electron chi connectivity index (χ1n) is 6.81. The molecule has 0 fully saturated rings. The molecule has 1 aliphatic rings. The van der Waals surface area contributed by atoms with Gasteiger partial charge in [0, 0.05) is 20.0 Å². The molecule has 0 spiro atoms. The Bertz CT molecular complexity index is 496. The van der Waals surface area contributed by atoms with Crippen molar-refractivity contribution in [1.29, 1.82) is 0 Å². The molecule has 0 saturated carbocycles. The second-order valence-electron chi connectivity index (χ2n) is 5.65. The number of aryl methyl sites for hydroxylation is 1. The van der Waals surface area contributed by atoms with E-state index in [9.17, 15) is 4.79 Å². The highest BCUT2D eigenvalue weighted by atomic mass is 16.5. The standard InChI is InChI=1S/C16H22O3/c1-10-5-13(18-4)6-11(2)8-15-16(14(17)7-10)12(3)9-19-15/h6,9-10,13H,5,7-8H2,1-4H3/t10-,13-/m0/s1. The Morgan fingerprint density at radius 2 is 2.11 bits per heavy atom. The van der Waals surface area contributed by atoms with Crippen molar-refractivity contribution in [2.75, 3.05) is 7.11 Å². The van der Waals surface area contributed by atoms with Gasteiger partial charge in [0.05, 0.1) is 17.9 Å². The van der Waals surface area contributed by atoms with Gasteiger partial charge < -0.3 is 9.15 Å². The lowest BCUT2D eigenvalue weighted by Crippen LogP contribution is -2.18. The third kappa shape index (κ3) is 3.16. The fourth-order valence-electron chi connectivity index (χ4n) is 2.76. The molecule has 1 aromatic heterocycles. The van der Waals surface area contributed by atoms with Crippen molar-refractivity contribution in [3.05, 3.63) is 34.8 Å². The summed E-state index contributed by atoms with van der Waals surface area (Å²) in [5.74, 6) is 1.29. The summed E-state index contributed by atoms with van der Waals surface area (Å²) in [4.78, 5) is 12.4. The molecule has 1 heterocycles. The van der Waals surface area contributed by atoms with Crippen LogP contribution in [0.1, 0.15) is 48.4 Å². The first-order chi connectivity index (χ1) is 9.01. The van der Waals surface area contributed by atoms with Crippen LogP contribution in [0.3, 0.4) is 0 Å². The van der Waals surface area contributed by atoms with Crippen molar-refractivity contribution in [2.45, 2.75) is 46.1 Å². The third-order valence-electron chi connectivity index (χ3n) is 3.71. The second-order valence-corrected chi connectivity index (χ2v) is 5.65. The van der Waals surface area contributed by atoms with Crippen LogP contribution in [-0.4, -0.2) is 19.0 Å². The highest BCUT2D eigenvalue weighted by molar-refractivity contribution is 5.98. The summed E-state index contributed by atoms with van der Waals surface area (Å²) in [6.45, 7) is 6.10. The lowest BCUT2D eigenvalue weighted by Gasteiger charge is -2.19. The van der Waals surface area contributed by atoms with Crippen LogP contribution in [0, 0.1) is 12.8 Å². The largest absolute Gasteiger partial charge is 0.468 e. The van der Waals surface area contributed by atoms with Gasteiger partial charge in [-0.05, 0) is 31.7 Å². The summed E-state index contributed by atoms with van der Waals surface area (Å²) in [7, 11) is 1.72. The Balaban J connectivity index is 2.40. The van der Waals surface area contributed by atoms with E-state index in [1.807, 2.05) is 6.92 Å². The molecule has 104 valence electrons. The van der Waals surface area contributed by atoms with Gasteiger partial charge in [-0.15, -0.1) is 0 Å². The van der Waals surface area contributed by atoms with Crippen LogP contribution in [0.15, 0.2) is 22.3 Å². The first-order valence-corrected chi connectivity index (χ1v) is 6.81. The van der Waals surface area contributed by atoms with Gasteiger partial charge in [-0.3, -0.25) is 4.79 Å². The van der Waals surface area contributed by atoms with Gasteiger partial charge in [-0.25, -0.2) is 0 Å². The molecule has 0 bridgehead atoms. The number of Topliss-reactive ketones (excluding diaryl/α,β-unsaturated/α-hetero) is 1. The second kappa shape index (κ2) is 5.74. The number of carbonyl (C=O) groups is 1. The molecule has 0 amide bonds. The molecule has 0 aliphatic heterocycles. The minimum Gasteiger partial charge on any atom is -0.468 e. The van der Waals surface area contributed by atoms with E-state index in [2.05, 4.69) is 19.9 Å². The maximum atomic E-state index is 12.4. The lowest BCUT2D eigenvalue weighted by atomic mass is 9.90. The summed E-state index contributed by atoms with van der Waals surface area (Å²) < 4.78 is 11.0. The third-order valence-corrected chi connectivity index (χ3v) is 3.71. The van der Waals surface area contributed by atoms with E-state index >= 15 is 0 Å². The normalized spacial score (nSPS) is 24.8. The van der Waals surface area contributed by atoms with E-state index in [1.165, 1.54) is 5.57 Å². The maximum absolute atomic E-state index is 12.4. The zero-order chi connectivity index (χ0) is 14.0. The van der Waals surface area contributed by atoms with Gasteiger partial charge in [0.2, 0.25) is 0 Å². The molecule has 0 aromatic carbocycles. The van der Waals surface area contributed by atoms with Crippen molar-refractivity contribution in [3.8, 4) is 0 Å². The summed E-state index contributed by atoms with van der Waals surface area (Å²) in [5, 5.41) is 0. The molecule has 0 unspecified atom stereocenters. The van der Waals surface area contributed by atoms with Crippen LogP contribution in [0.2, 0.25) is 0 Å². The van der Waals surface area contributed by atoms with Crippen LogP contribution in [0.5, 0.6) is 0 Å². The molecular weight excluding hydrogens is 240 g/mol. The number of hydrogen-bond donors (Lipinski definition) is 0. The van der Waals surface area contributed by atoms with Crippen molar-refractivity contribution in [2.24, 2.45) is 5.92 Å². The zero-order valence-corrected chi connectivity index (χ0v) is 12.2. The number of carbonyl (C=O) groups excluding carboxylic acids is 1. The van der Waals surface area contributed by atoms with Crippen molar-refractivity contribution < 1.29 is 13.9 Å². The molecule has 0 saturated heterocycles. The number of furan rings is 1. The molecule has 3 heteroatoms. The van der Waals surface area contributed by atoms with Crippen molar-refractivity contribution in [3.63, 3.8) is 0 Å². The zero-order valence-electron chi connectivity index (χ0n) is 12.2. The number of allylic oxidation sites excluding steroid dienone is 1. The van der Waals surface area contributed by atoms with Gasteiger partial charge in [-0.2, -0.15) is 0 Å². The van der Waals surface area contributed by atoms with Gasteiger partial charge in [0.15, 0.2) is 5.78 Å². The highest BCUT2D eigenvalue weighted by Gasteiger charge is 2.23. The van der Waals surface area contributed by atoms with E-state index in [0.717, 1.165) is 23.3 Å². The molecule has 2 atom stereocenters. The predicted molar refractivity (Wildman–Crippen MR) is 74.4 cm³/mol. The van der Waals surface area contributed by atoms with Crippen molar-refractivity contribution >= 4 is 5.78 Å². The van der Waals surface area contributed by atoms with Gasteiger partial charge in [0.25, 0.3) is 0 Å². The molecule has 2 rings (SSSR count). The molecule has 1 aromatic rings. The van der Waals surface area contributed by atoms with Crippen LogP contribution < -0.4 is 0 Å². The van der Waals surface area contributed by atoms with Crippen LogP contribution in [-0.2, 0) is 11.2 Å². The summed E-state index contributed by atoms with van der Waals surface area (Å²) in [5.41, 5.74) is 2.92. The predicted octanol–water partition coefficient (Wildman–Crippen LogP) is 3.70. The van der Waals surface area contributed by atoms with E-state index < -0.39 is 0 Å². The monoisotopic (exact) mass is 262 g/mol. The number of ketones is 1. The lowest BCUT2D eigenvalue weighted by molar-refractivity contribution is 0.0913. The first kappa shape index (κ1) is 14.1. The summed E-state index contributed by atoms with van der Waals surface area (Å²) in [6, 6.07) is 0.